The first kappa shape index (κ1) is 18.3. The third-order valence-electron chi connectivity index (χ3n) is 3.51. The van der Waals surface area contributed by atoms with Gasteiger partial charge in [-0.1, -0.05) is 53.8 Å². The van der Waals surface area contributed by atoms with Gasteiger partial charge in [0, 0.05) is 11.8 Å². The summed E-state index contributed by atoms with van der Waals surface area (Å²) in [7, 11) is 0. The van der Waals surface area contributed by atoms with Crippen molar-refractivity contribution in [3.63, 3.8) is 0 Å². The van der Waals surface area contributed by atoms with Crippen LogP contribution >= 0.6 is 11.3 Å². The van der Waals surface area contributed by atoms with Crippen molar-refractivity contribution in [2.45, 2.75) is 6.54 Å². The Balaban J connectivity index is 1.56. The van der Waals surface area contributed by atoms with E-state index in [1.54, 1.807) is 24.3 Å². The molecule has 136 valence electrons. The number of carbonyl (C=O) groups is 2. The number of benzene rings is 2. The van der Waals surface area contributed by atoms with Gasteiger partial charge in [-0.15, -0.1) is 10.2 Å². The van der Waals surface area contributed by atoms with Crippen molar-refractivity contribution in [2.24, 2.45) is 0 Å². The van der Waals surface area contributed by atoms with E-state index in [0.717, 1.165) is 5.56 Å². The third-order valence-corrected chi connectivity index (χ3v) is 4.35. The van der Waals surface area contributed by atoms with Crippen LogP contribution in [-0.4, -0.2) is 27.2 Å². The predicted octanol–water partition coefficient (Wildman–Crippen LogP) is 3.50. The van der Waals surface area contributed by atoms with Crippen LogP contribution in [0.2, 0.25) is 0 Å². The molecule has 1 amide bonds. The molecule has 0 spiro atoms. The molecule has 3 rings (SSSR count). The average molecular weight is 380 g/mol. The number of para-hydroxylation sites is 1. The zero-order chi connectivity index (χ0) is 19.1. The van der Waals surface area contributed by atoms with E-state index in [-0.39, 0.29) is 11.5 Å². The van der Waals surface area contributed by atoms with E-state index in [9.17, 15) is 14.7 Å². The average Bonchev–Trinajstić information content (AvgIpc) is 3.13. The molecule has 0 aliphatic rings. The second-order valence-electron chi connectivity index (χ2n) is 5.44. The van der Waals surface area contributed by atoms with Gasteiger partial charge < -0.3 is 10.4 Å². The number of carboxylic acids is 1. The minimum Gasteiger partial charge on any atom is -0.478 e. The van der Waals surface area contributed by atoms with Gasteiger partial charge in [0.05, 0.1) is 12.1 Å². The Bertz CT molecular complexity index is 970. The predicted molar refractivity (Wildman–Crippen MR) is 105 cm³/mol. The molecule has 0 radical (unpaired) electrons. The van der Waals surface area contributed by atoms with Crippen molar-refractivity contribution < 1.29 is 14.7 Å². The van der Waals surface area contributed by atoms with Crippen LogP contribution in [-0.2, 0) is 11.3 Å². The zero-order valence-electron chi connectivity index (χ0n) is 14.1. The Hall–Kier alpha value is -3.52. The van der Waals surface area contributed by atoms with E-state index in [1.165, 1.54) is 23.5 Å². The lowest BCUT2D eigenvalue weighted by atomic mass is 10.2. The van der Waals surface area contributed by atoms with Crippen molar-refractivity contribution in [2.75, 3.05) is 10.6 Å². The molecule has 3 N–H and O–H groups in total. The lowest BCUT2D eigenvalue weighted by Gasteiger charge is -2.07. The summed E-state index contributed by atoms with van der Waals surface area (Å²) in [4.78, 5) is 23.2. The van der Waals surface area contributed by atoms with Crippen LogP contribution in [0.25, 0.3) is 6.08 Å². The SMILES string of the molecule is O=C(/C=C/c1ccccc1)Nc1nnc(CNc2ccccc2C(=O)O)s1. The van der Waals surface area contributed by atoms with Crippen LogP contribution in [0, 0.1) is 0 Å². The van der Waals surface area contributed by atoms with Crippen LogP contribution < -0.4 is 10.6 Å². The fourth-order valence-corrected chi connectivity index (χ4v) is 2.94. The highest BCUT2D eigenvalue weighted by atomic mass is 32.1. The molecule has 0 saturated carbocycles. The maximum Gasteiger partial charge on any atom is 0.337 e. The molecule has 0 bridgehead atoms. The summed E-state index contributed by atoms with van der Waals surface area (Å²) >= 11 is 1.22. The van der Waals surface area contributed by atoms with Crippen molar-refractivity contribution >= 4 is 40.1 Å². The maximum absolute atomic E-state index is 12.0. The third kappa shape index (κ3) is 5.23. The molecule has 0 aliphatic heterocycles. The molecule has 2 aromatic carbocycles. The van der Waals surface area contributed by atoms with Crippen LogP contribution in [0.5, 0.6) is 0 Å². The molecule has 1 aromatic heterocycles. The largest absolute Gasteiger partial charge is 0.478 e. The van der Waals surface area contributed by atoms with E-state index in [0.29, 0.717) is 22.4 Å². The van der Waals surface area contributed by atoms with E-state index < -0.39 is 5.97 Å². The number of rotatable bonds is 7. The van der Waals surface area contributed by atoms with Gasteiger partial charge in [0.15, 0.2) is 0 Å². The summed E-state index contributed by atoms with van der Waals surface area (Å²) in [6, 6.07) is 16.1. The molecule has 27 heavy (non-hydrogen) atoms. The van der Waals surface area contributed by atoms with Gasteiger partial charge in [0.25, 0.3) is 0 Å². The topological polar surface area (TPSA) is 104 Å². The van der Waals surface area contributed by atoms with E-state index in [4.69, 9.17) is 0 Å². The van der Waals surface area contributed by atoms with Gasteiger partial charge in [-0.3, -0.25) is 10.1 Å². The second kappa shape index (κ2) is 8.72. The number of carbonyl (C=O) groups excluding carboxylic acids is 1. The molecule has 3 aromatic rings. The van der Waals surface area contributed by atoms with E-state index in [2.05, 4.69) is 20.8 Å². The van der Waals surface area contributed by atoms with Gasteiger partial charge in [-0.05, 0) is 23.8 Å². The quantitative estimate of drug-likeness (QED) is 0.542. The van der Waals surface area contributed by atoms with Crippen molar-refractivity contribution in [3.8, 4) is 0 Å². The lowest BCUT2D eigenvalue weighted by Crippen LogP contribution is -2.07. The highest BCUT2D eigenvalue weighted by molar-refractivity contribution is 7.15. The van der Waals surface area contributed by atoms with Gasteiger partial charge in [-0.2, -0.15) is 0 Å². The first-order valence-corrected chi connectivity index (χ1v) is 8.86. The molecular weight excluding hydrogens is 364 g/mol. The first-order valence-electron chi connectivity index (χ1n) is 8.04. The second-order valence-corrected chi connectivity index (χ2v) is 6.50. The molecule has 0 fully saturated rings. The smallest absolute Gasteiger partial charge is 0.337 e. The van der Waals surface area contributed by atoms with E-state index >= 15 is 0 Å². The summed E-state index contributed by atoms with van der Waals surface area (Å²) in [6.07, 6.45) is 3.14. The van der Waals surface area contributed by atoms with Gasteiger partial charge in [-0.25, -0.2) is 4.79 Å². The Kier molecular flexibility index (Phi) is 5.91. The number of carboxylic acid groups (broad SMARTS) is 1. The Morgan fingerprint density at radius 1 is 1.04 bits per heavy atom. The minimum atomic E-state index is -1.01. The lowest BCUT2D eigenvalue weighted by molar-refractivity contribution is -0.111. The zero-order valence-corrected chi connectivity index (χ0v) is 14.9. The van der Waals surface area contributed by atoms with E-state index in [1.807, 2.05) is 30.3 Å². The molecular formula is C19H16N4O3S. The number of aromatic carboxylic acids is 1. The number of amides is 1. The highest BCUT2D eigenvalue weighted by Crippen LogP contribution is 2.19. The number of hydrogen-bond donors (Lipinski definition) is 3. The summed E-state index contributed by atoms with van der Waals surface area (Å²) in [6.45, 7) is 0.303. The number of anilines is 2. The fraction of sp³-hybridized carbons (Fsp3) is 0.0526. The van der Waals surface area contributed by atoms with Crippen LogP contribution in [0.15, 0.2) is 60.7 Å². The van der Waals surface area contributed by atoms with Crippen molar-refractivity contribution in [1.82, 2.24) is 10.2 Å². The summed E-state index contributed by atoms with van der Waals surface area (Å²) < 4.78 is 0. The number of hydrogen-bond acceptors (Lipinski definition) is 6. The summed E-state index contributed by atoms with van der Waals surface area (Å²) in [5.41, 5.74) is 1.60. The van der Waals surface area contributed by atoms with Gasteiger partial charge in [0.2, 0.25) is 11.0 Å². The summed E-state index contributed by atoms with van der Waals surface area (Å²) in [5, 5.41) is 23.8. The standard InChI is InChI=1S/C19H16N4O3S/c24-16(11-10-13-6-2-1-3-7-13)21-19-23-22-17(27-19)12-20-15-9-5-4-8-14(15)18(25)26/h1-11,20H,12H2,(H,25,26)(H,21,23,24)/b11-10+. The van der Waals surface area contributed by atoms with Gasteiger partial charge >= 0.3 is 5.97 Å². The van der Waals surface area contributed by atoms with Crippen molar-refractivity contribution in [1.29, 1.82) is 0 Å². The molecule has 0 unspecified atom stereocenters. The Labute approximate surface area is 159 Å². The normalized spacial score (nSPS) is 10.7. The molecule has 7 nitrogen and oxygen atoms in total. The van der Waals surface area contributed by atoms with Crippen LogP contribution in [0.3, 0.4) is 0 Å². The molecule has 1 heterocycles. The maximum atomic E-state index is 12.0. The highest BCUT2D eigenvalue weighted by Gasteiger charge is 2.10. The monoisotopic (exact) mass is 380 g/mol. The molecule has 8 heteroatoms. The Morgan fingerprint density at radius 2 is 1.78 bits per heavy atom. The molecule has 0 atom stereocenters. The number of nitrogens with one attached hydrogen (secondary N) is 2. The first-order chi connectivity index (χ1) is 13.1. The van der Waals surface area contributed by atoms with Crippen LogP contribution in [0.4, 0.5) is 10.8 Å². The Morgan fingerprint density at radius 3 is 2.56 bits per heavy atom. The number of nitrogens with zero attached hydrogens (tertiary/aromatic N) is 2. The fourth-order valence-electron chi connectivity index (χ4n) is 2.25. The molecule has 0 aliphatic carbocycles. The van der Waals surface area contributed by atoms with Crippen molar-refractivity contribution in [3.05, 3.63) is 76.8 Å². The summed E-state index contributed by atoms with van der Waals surface area (Å²) in [5.74, 6) is -1.31. The van der Waals surface area contributed by atoms with Gasteiger partial charge in [0.1, 0.15) is 5.01 Å². The van der Waals surface area contributed by atoms with Crippen LogP contribution in [0.1, 0.15) is 20.9 Å². The minimum absolute atomic E-state index is 0.182. The molecule has 0 saturated heterocycles. The number of aromatic nitrogens is 2.